The van der Waals surface area contributed by atoms with Gasteiger partial charge in [-0.25, -0.2) is 0 Å². The van der Waals surface area contributed by atoms with Gasteiger partial charge in [-0.1, -0.05) is 262 Å². The summed E-state index contributed by atoms with van der Waals surface area (Å²) in [5, 5.41) is 0. The third-order valence-corrected chi connectivity index (χ3v) is 12.3. The van der Waals surface area contributed by atoms with Crippen LogP contribution < -0.4 is 0 Å². The second kappa shape index (κ2) is 54.0. The lowest BCUT2D eigenvalue weighted by atomic mass is 10.0. The first-order chi connectivity index (χ1) is 32.0. The summed E-state index contributed by atoms with van der Waals surface area (Å²) >= 11 is 0. The van der Waals surface area contributed by atoms with Crippen LogP contribution >= 0.6 is 0 Å². The SMILES string of the molecule is CCCCC/C=C\C/C=C\C/C=C\C/C=C\CCCC(=O)OCC(COC(=O)CCCCCCCCCCCCCCC)OC(=O)CCCCCCCCCCCCCCCCCCC. The average molecular weight is 911 g/mol. The highest BCUT2D eigenvalue weighted by molar-refractivity contribution is 5.71. The van der Waals surface area contributed by atoms with E-state index in [2.05, 4.69) is 69.4 Å². The number of rotatable bonds is 51. The first-order valence-corrected chi connectivity index (χ1v) is 28.1. The van der Waals surface area contributed by atoms with E-state index in [1.54, 1.807) is 0 Å². The third kappa shape index (κ3) is 52.2. The predicted molar refractivity (Wildman–Crippen MR) is 279 cm³/mol. The molecule has 378 valence electrons. The summed E-state index contributed by atoms with van der Waals surface area (Å²) in [6, 6.07) is 0. The van der Waals surface area contributed by atoms with Crippen molar-refractivity contribution in [2.24, 2.45) is 0 Å². The Balaban J connectivity index is 4.42. The Hall–Kier alpha value is -2.63. The first kappa shape index (κ1) is 62.4. The van der Waals surface area contributed by atoms with Crippen molar-refractivity contribution in [3.05, 3.63) is 48.6 Å². The molecule has 6 nitrogen and oxygen atoms in total. The number of allylic oxidation sites excluding steroid dienone is 8. The normalized spacial score (nSPS) is 12.4. The van der Waals surface area contributed by atoms with Crippen molar-refractivity contribution in [1.29, 1.82) is 0 Å². The van der Waals surface area contributed by atoms with Crippen molar-refractivity contribution < 1.29 is 28.6 Å². The Morgan fingerprint density at radius 1 is 0.308 bits per heavy atom. The van der Waals surface area contributed by atoms with Gasteiger partial charge >= 0.3 is 17.9 Å². The van der Waals surface area contributed by atoms with Gasteiger partial charge in [0.05, 0.1) is 0 Å². The fourth-order valence-corrected chi connectivity index (χ4v) is 8.08. The molecule has 0 saturated carbocycles. The van der Waals surface area contributed by atoms with Gasteiger partial charge in [0.15, 0.2) is 6.10 Å². The summed E-state index contributed by atoms with van der Waals surface area (Å²) in [5.74, 6) is -0.930. The highest BCUT2D eigenvalue weighted by Gasteiger charge is 2.19. The molecule has 0 aliphatic rings. The smallest absolute Gasteiger partial charge is 0.306 e. The number of esters is 3. The van der Waals surface area contributed by atoms with E-state index in [0.29, 0.717) is 19.3 Å². The minimum Gasteiger partial charge on any atom is -0.462 e. The Labute approximate surface area is 403 Å². The maximum Gasteiger partial charge on any atom is 0.306 e. The second-order valence-electron chi connectivity index (χ2n) is 18.9. The molecule has 0 aliphatic heterocycles. The van der Waals surface area contributed by atoms with Gasteiger partial charge in [-0.15, -0.1) is 0 Å². The van der Waals surface area contributed by atoms with Crippen LogP contribution in [0.25, 0.3) is 0 Å². The number of carbonyl (C=O) groups is 3. The maximum absolute atomic E-state index is 12.8. The molecule has 0 fully saturated rings. The highest BCUT2D eigenvalue weighted by atomic mass is 16.6. The fraction of sp³-hybridized carbons (Fsp3) is 0.814. The Morgan fingerprint density at radius 3 is 0.923 bits per heavy atom. The Morgan fingerprint density at radius 2 is 0.569 bits per heavy atom. The van der Waals surface area contributed by atoms with Crippen LogP contribution in [0.1, 0.15) is 290 Å². The van der Waals surface area contributed by atoms with Crippen LogP contribution in [-0.2, 0) is 28.6 Å². The van der Waals surface area contributed by atoms with Crippen LogP contribution in [0.2, 0.25) is 0 Å². The molecule has 0 N–H and O–H groups in total. The average Bonchev–Trinajstić information content (AvgIpc) is 3.30. The number of hydrogen-bond donors (Lipinski definition) is 0. The molecule has 0 amide bonds. The van der Waals surface area contributed by atoms with Crippen LogP contribution in [0.15, 0.2) is 48.6 Å². The first-order valence-electron chi connectivity index (χ1n) is 28.1. The summed E-state index contributed by atoms with van der Waals surface area (Å²) in [6.07, 6.45) is 65.3. The van der Waals surface area contributed by atoms with Crippen LogP contribution in [0.4, 0.5) is 0 Å². The van der Waals surface area contributed by atoms with E-state index in [4.69, 9.17) is 14.2 Å². The van der Waals surface area contributed by atoms with Crippen LogP contribution in [0.3, 0.4) is 0 Å². The van der Waals surface area contributed by atoms with E-state index >= 15 is 0 Å². The largest absolute Gasteiger partial charge is 0.462 e. The molecule has 65 heavy (non-hydrogen) atoms. The van der Waals surface area contributed by atoms with E-state index in [-0.39, 0.29) is 37.5 Å². The van der Waals surface area contributed by atoms with Gasteiger partial charge in [-0.05, 0) is 57.8 Å². The minimum atomic E-state index is -0.790. The summed E-state index contributed by atoms with van der Waals surface area (Å²) in [4.78, 5) is 38.1. The van der Waals surface area contributed by atoms with Crippen molar-refractivity contribution in [3.8, 4) is 0 Å². The lowest BCUT2D eigenvalue weighted by Gasteiger charge is -2.18. The fourth-order valence-electron chi connectivity index (χ4n) is 8.08. The quantitative estimate of drug-likeness (QED) is 0.0262. The zero-order valence-electron chi connectivity index (χ0n) is 43.3. The van der Waals surface area contributed by atoms with Crippen molar-refractivity contribution >= 4 is 17.9 Å². The third-order valence-electron chi connectivity index (χ3n) is 12.3. The molecule has 0 saturated heterocycles. The summed E-state index contributed by atoms with van der Waals surface area (Å²) in [6.45, 7) is 6.60. The van der Waals surface area contributed by atoms with Crippen molar-refractivity contribution in [2.75, 3.05) is 13.2 Å². The van der Waals surface area contributed by atoms with Crippen LogP contribution in [0.5, 0.6) is 0 Å². The molecule has 0 spiro atoms. The lowest BCUT2D eigenvalue weighted by molar-refractivity contribution is -0.167. The van der Waals surface area contributed by atoms with Crippen LogP contribution in [0, 0.1) is 0 Å². The maximum atomic E-state index is 12.8. The second-order valence-corrected chi connectivity index (χ2v) is 18.9. The molecule has 0 aromatic heterocycles. The molecular formula is C59H106O6. The van der Waals surface area contributed by atoms with Gasteiger partial charge < -0.3 is 14.2 Å². The molecule has 0 rings (SSSR count). The molecule has 0 aromatic carbocycles. The molecule has 1 unspecified atom stereocenters. The van der Waals surface area contributed by atoms with Crippen molar-refractivity contribution in [2.45, 2.75) is 297 Å². The van der Waals surface area contributed by atoms with Crippen molar-refractivity contribution in [1.82, 2.24) is 0 Å². The monoisotopic (exact) mass is 911 g/mol. The molecule has 0 radical (unpaired) electrons. The molecule has 0 aliphatic carbocycles. The number of carbonyl (C=O) groups excluding carboxylic acids is 3. The zero-order chi connectivity index (χ0) is 47.2. The number of ether oxygens (including phenoxy) is 3. The molecular weight excluding hydrogens is 805 g/mol. The van der Waals surface area contributed by atoms with Gasteiger partial charge in [0.1, 0.15) is 13.2 Å². The molecule has 0 heterocycles. The van der Waals surface area contributed by atoms with E-state index in [9.17, 15) is 14.4 Å². The molecule has 0 bridgehead atoms. The zero-order valence-corrected chi connectivity index (χ0v) is 43.3. The summed E-state index contributed by atoms with van der Waals surface area (Å²) in [7, 11) is 0. The molecule has 6 heteroatoms. The Bertz CT molecular complexity index is 1140. The van der Waals surface area contributed by atoms with Gasteiger partial charge in [0.2, 0.25) is 0 Å². The predicted octanol–water partition coefficient (Wildman–Crippen LogP) is 18.7. The number of unbranched alkanes of at least 4 members (excludes halogenated alkanes) is 32. The van der Waals surface area contributed by atoms with Crippen molar-refractivity contribution in [3.63, 3.8) is 0 Å². The van der Waals surface area contributed by atoms with Gasteiger partial charge in [-0.3, -0.25) is 14.4 Å². The van der Waals surface area contributed by atoms with E-state index < -0.39 is 6.10 Å². The topological polar surface area (TPSA) is 78.9 Å². The van der Waals surface area contributed by atoms with E-state index in [1.165, 1.54) is 180 Å². The Kier molecular flexibility index (Phi) is 51.8. The molecule has 0 aromatic rings. The number of hydrogen-bond acceptors (Lipinski definition) is 6. The lowest BCUT2D eigenvalue weighted by Crippen LogP contribution is -2.30. The van der Waals surface area contributed by atoms with E-state index in [0.717, 1.165) is 64.2 Å². The highest BCUT2D eigenvalue weighted by Crippen LogP contribution is 2.16. The van der Waals surface area contributed by atoms with Gasteiger partial charge in [-0.2, -0.15) is 0 Å². The molecule has 1 atom stereocenters. The standard InChI is InChI=1S/C59H106O6/c1-4-7-10-13-16-19-22-25-27-29-31-34-37-40-43-46-49-52-58(61)64-55-56(54-63-57(60)51-48-45-42-39-36-33-24-21-18-15-12-9-6-3)65-59(62)53-50-47-44-41-38-35-32-30-28-26-23-20-17-14-11-8-5-2/h16,19,25,27,31,34,40,43,56H,4-15,17-18,20-24,26,28-30,32-33,35-39,41-42,44-55H2,1-3H3/b19-16-,27-25-,34-31-,43-40-. The van der Waals surface area contributed by atoms with Gasteiger partial charge in [0.25, 0.3) is 0 Å². The van der Waals surface area contributed by atoms with Gasteiger partial charge in [0, 0.05) is 19.3 Å². The summed E-state index contributed by atoms with van der Waals surface area (Å²) < 4.78 is 16.8. The minimum absolute atomic E-state index is 0.0857. The van der Waals surface area contributed by atoms with Crippen LogP contribution in [-0.4, -0.2) is 37.2 Å². The van der Waals surface area contributed by atoms with E-state index in [1.807, 2.05) is 0 Å². The summed E-state index contributed by atoms with van der Waals surface area (Å²) in [5.41, 5.74) is 0.